The van der Waals surface area contributed by atoms with E-state index in [1.807, 2.05) is 0 Å². The van der Waals surface area contributed by atoms with Gasteiger partial charge in [-0.2, -0.15) is 0 Å². The van der Waals surface area contributed by atoms with Gasteiger partial charge in [0.2, 0.25) is 0 Å². The Balaban J connectivity index is 3.60. The highest BCUT2D eigenvalue weighted by Gasteiger charge is 2.09. The Morgan fingerprint density at radius 3 is 2.29 bits per heavy atom. The third-order valence-electron chi connectivity index (χ3n) is 2.89. The monoisotopic (exact) mass is 243 g/mol. The van der Waals surface area contributed by atoms with Crippen LogP contribution in [0.15, 0.2) is 0 Å². The molecule has 0 atom stereocenters. The lowest BCUT2D eigenvalue weighted by molar-refractivity contribution is -0.145. The predicted octanol–water partition coefficient (Wildman–Crippen LogP) is 3.23. The van der Waals surface area contributed by atoms with Gasteiger partial charge >= 0.3 is 5.97 Å². The largest absolute Gasteiger partial charge is 0.465 e. The van der Waals surface area contributed by atoms with E-state index in [1.165, 1.54) is 25.7 Å². The summed E-state index contributed by atoms with van der Waals surface area (Å²) in [6.45, 7) is 9.37. The van der Waals surface area contributed by atoms with Crippen molar-refractivity contribution in [2.45, 2.75) is 59.3 Å². The molecule has 0 bridgehead atoms. The molecule has 0 aromatic carbocycles. The van der Waals surface area contributed by atoms with Crippen molar-refractivity contribution in [1.29, 1.82) is 0 Å². The molecule has 0 aliphatic carbocycles. The smallest absolute Gasteiger partial charge is 0.320 e. The summed E-state index contributed by atoms with van der Waals surface area (Å²) in [4.78, 5) is 13.7. The minimum Gasteiger partial charge on any atom is -0.465 e. The Labute approximate surface area is 107 Å². The number of nitrogens with zero attached hydrogens (tertiary/aromatic N) is 1. The number of hydrogen-bond donors (Lipinski definition) is 0. The molecule has 0 saturated carbocycles. The van der Waals surface area contributed by atoms with Crippen LogP contribution in [0.2, 0.25) is 0 Å². The fraction of sp³-hybridized carbons (Fsp3) is 0.929. The molecule has 0 unspecified atom stereocenters. The van der Waals surface area contributed by atoms with E-state index in [-0.39, 0.29) is 5.97 Å². The summed E-state index contributed by atoms with van der Waals surface area (Å²) in [6.07, 6.45) is 7.03. The van der Waals surface area contributed by atoms with Crippen molar-refractivity contribution in [3.63, 3.8) is 0 Å². The molecule has 3 nitrogen and oxygen atoms in total. The summed E-state index contributed by atoms with van der Waals surface area (Å²) < 4.78 is 5.16. The molecule has 17 heavy (non-hydrogen) atoms. The SMILES string of the molecule is CCCCCCN(CC)CC(=O)OCCCC. The van der Waals surface area contributed by atoms with Crippen LogP contribution in [0.1, 0.15) is 59.3 Å². The highest BCUT2D eigenvalue weighted by atomic mass is 16.5. The maximum atomic E-state index is 11.5. The predicted molar refractivity (Wildman–Crippen MR) is 72.1 cm³/mol. The van der Waals surface area contributed by atoms with Crippen molar-refractivity contribution in [2.75, 3.05) is 26.2 Å². The molecule has 0 saturated heterocycles. The maximum Gasteiger partial charge on any atom is 0.320 e. The van der Waals surface area contributed by atoms with Gasteiger partial charge in [0.25, 0.3) is 0 Å². The number of esters is 1. The standard InChI is InChI=1S/C14H29NO2/c1-4-7-9-10-11-15(6-3)13-14(16)17-12-8-5-2/h4-13H2,1-3H3. The molecule has 0 aromatic rings. The van der Waals surface area contributed by atoms with E-state index in [4.69, 9.17) is 4.74 Å². The second kappa shape index (κ2) is 11.9. The number of likely N-dealkylation sites (N-methyl/N-ethyl adjacent to an activating group) is 1. The minimum atomic E-state index is -0.0733. The van der Waals surface area contributed by atoms with Gasteiger partial charge in [0.05, 0.1) is 13.2 Å². The molecule has 0 heterocycles. The molecule has 102 valence electrons. The van der Waals surface area contributed by atoms with E-state index in [2.05, 4.69) is 25.7 Å². The Morgan fingerprint density at radius 1 is 1.00 bits per heavy atom. The van der Waals surface area contributed by atoms with Crippen LogP contribution in [0.25, 0.3) is 0 Å². The van der Waals surface area contributed by atoms with Crippen molar-refractivity contribution in [3.8, 4) is 0 Å². The van der Waals surface area contributed by atoms with E-state index in [1.54, 1.807) is 0 Å². The van der Waals surface area contributed by atoms with Gasteiger partial charge in [0.15, 0.2) is 0 Å². The molecule has 0 amide bonds. The second-order valence-corrected chi connectivity index (χ2v) is 4.50. The normalized spacial score (nSPS) is 10.8. The van der Waals surface area contributed by atoms with Crippen LogP contribution in [-0.2, 0) is 9.53 Å². The van der Waals surface area contributed by atoms with Gasteiger partial charge in [-0.1, -0.05) is 46.5 Å². The first-order valence-corrected chi connectivity index (χ1v) is 7.12. The van der Waals surface area contributed by atoms with Crippen LogP contribution in [0.5, 0.6) is 0 Å². The van der Waals surface area contributed by atoms with Gasteiger partial charge < -0.3 is 4.74 Å². The molecule has 0 spiro atoms. The van der Waals surface area contributed by atoms with Gasteiger partial charge in [-0.25, -0.2) is 0 Å². The molecule has 0 fully saturated rings. The molecule has 0 aliphatic heterocycles. The average Bonchev–Trinajstić information content (AvgIpc) is 2.33. The molecule has 0 aromatic heterocycles. The fourth-order valence-corrected chi connectivity index (χ4v) is 1.67. The van der Waals surface area contributed by atoms with Gasteiger partial charge in [0, 0.05) is 0 Å². The van der Waals surface area contributed by atoms with Gasteiger partial charge in [-0.3, -0.25) is 9.69 Å². The second-order valence-electron chi connectivity index (χ2n) is 4.50. The maximum absolute atomic E-state index is 11.5. The zero-order valence-electron chi connectivity index (χ0n) is 11.8. The first-order chi connectivity index (χ1) is 8.24. The first kappa shape index (κ1) is 16.4. The zero-order chi connectivity index (χ0) is 12.9. The highest BCUT2D eigenvalue weighted by molar-refractivity contribution is 5.71. The molecule has 3 heteroatoms. The van der Waals surface area contributed by atoms with Crippen LogP contribution in [0.4, 0.5) is 0 Å². The van der Waals surface area contributed by atoms with Crippen LogP contribution in [-0.4, -0.2) is 37.1 Å². The topological polar surface area (TPSA) is 29.5 Å². The van der Waals surface area contributed by atoms with Crippen LogP contribution < -0.4 is 0 Å². The van der Waals surface area contributed by atoms with Crippen LogP contribution in [0.3, 0.4) is 0 Å². The van der Waals surface area contributed by atoms with Crippen LogP contribution in [0, 0.1) is 0 Å². The number of unbranched alkanes of at least 4 members (excludes halogenated alkanes) is 4. The van der Waals surface area contributed by atoms with Crippen molar-refractivity contribution in [3.05, 3.63) is 0 Å². The lowest BCUT2D eigenvalue weighted by Crippen LogP contribution is -2.31. The number of hydrogen-bond acceptors (Lipinski definition) is 3. The van der Waals surface area contributed by atoms with Crippen molar-refractivity contribution in [2.24, 2.45) is 0 Å². The summed E-state index contributed by atoms with van der Waals surface area (Å²) in [6, 6.07) is 0. The van der Waals surface area contributed by atoms with E-state index >= 15 is 0 Å². The average molecular weight is 243 g/mol. The summed E-state index contributed by atoms with van der Waals surface area (Å²) in [5.74, 6) is -0.0733. The van der Waals surface area contributed by atoms with Crippen molar-refractivity contribution >= 4 is 5.97 Å². The number of rotatable bonds is 11. The lowest BCUT2D eigenvalue weighted by atomic mass is 10.2. The van der Waals surface area contributed by atoms with E-state index in [0.717, 1.165) is 25.9 Å². The molecule has 0 radical (unpaired) electrons. The van der Waals surface area contributed by atoms with E-state index in [0.29, 0.717) is 13.2 Å². The van der Waals surface area contributed by atoms with Gasteiger partial charge in [0.1, 0.15) is 0 Å². The highest BCUT2D eigenvalue weighted by Crippen LogP contribution is 2.01. The third-order valence-corrected chi connectivity index (χ3v) is 2.89. The zero-order valence-corrected chi connectivity index (χ0v) is 11.8. The summed E-state index contributed by atoms with van der Waals surface area (Å²) in [5.41, 5.74) is 0. The Bertz CT molecular complexity index is 183. The fourth-order valence-electron chi connectivity index (χ4n) is 1.67. The molecule has 0 rings (SSSR count). The first-order valence-electron chi connectivity index (χ1n) is 7.12. The number of carbonyl (C=O) groups excluding carboxylic acids is 1. The molecule has 0 aliphatic rings. The molecular weight excluding hydrogens is 214 g/mol. The van der Waals surface area contributed by atoms with Crippen molar-refractivity contribution in [1.82, 2.24) is 4.90 Å². The van der Waals surface area contributed by atoms with Gasteiger partial charge in [-0.15, -0.1) is 0 Å². The Hall–Kier alpha value is -0.570. The summed E-state index contributed by atoms with van der Waals surface area (Å²) in [5, 5.41) is 0. The number of carbonyl (C=O) groups is 1. The molecule has 0 N–H and O–H groups in total. The van der Waals surface area contributed by atoms with Gasteiger partial charge in [-0.05, 0) is 25.9 Å². The third kappa shape index (κ3) is 10.3. The Morgan fingerprint density at radius 2 is 1.71 bits per heavy atom. The molecular formula is C14H29NO2. The summed E-state index contributed by atoms with van der Waals surface area (Å²) in [7, 11) is 0. The number of ether oxygens (including phenoxy) is 1. The van der Waals surface area contributed by atoms with E-state index < -0.39 is 0 Å². The van der Waals surface area contributed by atoms with E-state index in [9.17, 15) is 4.79 Å². The summed E-state index contributed by atoms with van der Waals surface area (Å²) >= 11 is 0. The quantitative estimate of drug-likeness (QED) is 0.412. The lowest BCUT2D eigenvalue weighted by Gasteiger charge is -2.19. The minimum absolute atomic E-state index is 0.0733. The van der Waals surface area contributed by atoms with Crippen LogP contribution >= 0.6 is 0 Å². The van der Waals surface area contributed by atoms with Crippen molar-refractivity contribution < 1.29 is 9.53 Å². The Kier molecular flexibility index (Phi) is 11.5.